The first-order valence-electron chi connectivity index (χ1n) is 17.6. The summed E-state index contributed by atoms with van der Waals surface area (Å²) in [5.74, 6) is -1.93. The largest absolute Gasteiger partial charge is 0.493 e. The lowest BCUT2D eigenvalue weighted by Gasteiger charge is -2.26. The highest BCUT2D eigenvalue weighted by molar-refractivity contribution is 7.89. The number of ether oxygens (including phenoxy) is 3. The van der Waals surface area contributed by atoms with Crippen LogP contribution in [0.1, 0.15) is 40.0 Å². The van der Waals surface area contributed by atoms with Crippen LogP contribution in [0, 0.1) is 17.0 Å². The third kappa shape index (κ3) is 10.2. The zero-order chi connectivity index (χ0) is 39.8. The van der Waals surface area contributed by atoms with E-state index < -0.39 is 52.8 Å². The number of benzene rings is 3. The van der Waals surface area contributed by atoms with Crippen LogP contribution in [0.25, 0.3) is 10.9 Å². The molecule has 2 N–H and O–H groups in total. The number of methoxy groups -OCH3 is 1. The molecule has 4 aromatic rings. The number of amides is 2. The maximum atomic E-state index is 15.4. The zero-order valence-electron chi connectivity index (χ0n) is 30.8. The molecule has 0 spiro atoms. The van der Waals surface area contributed by atoms with E-state index in [1.807, 2.05) is 0 Å². The number of hydrogen-bond donors (Lipinski definition) is 2. The number of nitrogens with one attached hydrogen (secondary N) is 2. The fraction of sp³-hybridized carbons (Fsp3) is 0.378. The van der Waals surface area contributed by atoms with Crippen molar-refractivity contribution in [1.82, 2.24) is 9.29 Å². The number of aromatic nitrogens is 1. The minimum atomic E-state index is -3.76. The van der Waals surface area contributed by atoms with Gasteiger partial charge in [-0.3, -0.25) is 19.1 Å². The second-order valence-corrected chi connectivity index (χ2v) is 16.7. The van der Waals surface area contributed by atoms with Gasteiger partial charge in [0.1, 0.15) is 23.3 Å². The molecule has 1 aromatic heterocycles. The number of halogens is 2. The highest BCUT2D eigenvalue weighted by atomic mass is 32.2. The van der Waals surface area contributed by atoms with Gasteiger partial charge in [-0.1, -0.05) is 0 Å². The van der Waals surface area contributed by atoms with Gasteiger partial charge in [0, 0.05) is 41.6 Å². The summed E-state index contributed by atoms with van der Waals surface area (Å²) in [5.41, 5.74) is -0.432. The maximum Gasteiger partial charge on any atom is 0.345 e. The Morgan fingerprint density at radius 2 is 1.53 bits per heavy atom. The quantitative estimate of drug-likeness (QED) is 0.0521. The Labute approximate surface area is 318 Å². The first kappa shape index (κ1) is 41.5. The number of carbonyl (C=O) groups is 2. The van der Waals surface area contributed by atoms with Crippen LogP contribution in [-0.4, -0.2) is 75.0 Å². The molecule has 0 atom stereocenters. The summed E-state index contributed by atoms with van der Waals surface area (Å²) in [7, 11) is -6.02. The van der Waals surface area contributed by atoms with Gasteiger partial charge in [-0.05, 0) is 88.6 Å². The summed E-state index contributed by atoms with van der Waals surface area (Å²) in [6.07, 6.45) is 1.85. The van der Waals surface area contributed by atoms with Crippen molar-refractivity contribution in [1.29, 1.82) is 0 Å². The van der Waals surface area contributed by atoms with E-state index in [4.69, 9.17) is 23.3 Å². The summed E-state index contributed by atoms with van der Waals surface area (Å²) in [5, 5.41) is 5.68. The smallest absolute Gasteiger partial charge is 0.345 e. The average Bonchev–Trinajstić information content (AvgIpc) is 3.97. The number of pyridine rings is 1. The summed E-state index contributed by atoms with van der Waals surface area (Å²) in [6.45, 7) is 4.96. The van der Waals surface area contributed by atoms with E-state index in [1.165, 1.54) is 62.7 Å². The van der Waals surface area contributed by atoms with Crippen molar-refractivity contribution in [2.75, 3.05) is 56.1 Å². The Hall–Kier alpha value is -4.67. The average molecular weight is 805 g/mol. The molecule has 1 fully saturated rings. The van der Waals surface area contributed by atoms with E-state index in [0.29, 0.717) is 35.2 Å². The predicted octanol–water partition coefficient (Wildman–Crippen LogP) is 7.32. The number of carbonyl (C=O) groups excluding carboxylic acids is 2. The van der Waals surface area contributed by atoms with Crippen molar-refractivity contribution in [3.8, 4) is 23.0 Å². The predicted molar refractivity (Wildman–Crippen MR) is 202 cm³/mol. The molecule has 3 aromatic carbocycles. The van der Waals surface area contributed by atoms with E-state index in [2.05, 4.69) is 15.6 Å². The van der Waals surface area contributed by atoms with Gasteiger partial charge in [0.25, 0.3) is 0 Å². The lowest BCUT2D eigenvalue weighted by Crippen LogP contribution is -2.35. The summed E-state index contributed by atoms with van der Waals surface area (Å²) < 4.78 is 96.7. The Kier molecular flexibility index (Phi) is 13.5. The van der Waals surface area contributed by atoms with Gasteiger partial charge in [-0.2, -0.15) is 4.31 Å². The second-order valence-electron chi connectivity index (χ2n) is 12.4. The summed E-state index contributed by atoms with van der Waals surface area (Å²) in [4.78, 5) is 30.4. The Morgan fingerprint density at radius 1 is 0.873 bits per heavy atom. The molecular weight excluding hydrogens is 761 g/mol. The number of sulfonamides is 1. The van der Waals surface area contributed by atoms with Crippen LogP contribution >= 0.6 is 7.60 Å². The molecule has 0 unspecified atom stereocenters. The van der Waals surface area contributed by atoms with Gasteiger partial charge in [-0.25, -0.2) is 17.2 Å². The number of rotatable bonds is 20. The summed E-state index contributed by atoms with van der Waals surface area (Å²) >= 11 is 0. The van der Waals surface area contributed by atoms with E-state index in [9.17, 15) is 27.0 Å². The Morgan fingerprint density at radius 3 is 2.13 bits per heavy atom. The number of anilines is 2. The summed E-state index contributed by atoms with van der Waals surface area (Å²) in [6, 6.07) is 13.8. The molecule has 18 heteroatoms. The number of nitrogens with zero attached hydrogens (tertiary/aromatic N) is 2. The molecule has 0 saturated heterocycles. The molecule has 0 aliphatic heterocycles. The topological polar surface area (TPSA) is 172 Å². The van der Waals surface area contributed by atoms with Crippen LogP contribution in [-0.2, 0) is 33.2 Å². The van der Waals surface area contributed by atoms with Crippen LogP contribution in [0.15, 0.2) is 66.9 Å². The monoisotopic (exact) mass is 804 g/mol. The normalized spacial score (nSPS) is 13.7. The highest BCUT2D eigenvalue weighted by Crippen LogP contribution is 2.49. The minimum absolute atomic E-state index is 0.0218. The van der Waals surface area contributed by atoms with Crippen molar-refractivity contribution in [3.63, 3.8) is 0 Å². The molecule has 55 heavy (non-hydrogen) atoms. The van der Waals surface area contributed by atoms with Crippen LogP contribution in [0.4, 0.5) is 20.2 Å². The van der Waals surface area contributed by atoms with Crippen LogP contribution in [0.2, 0.25) is 0 Å². The molecule has 0 bridgehead atoms. The van der Waals surface area contributed by atoms with Crippen molar-refractivity contribution in [3.05, 3.63) is 78.5 Å². The van der Waals surface area contributed by atoms with Gasteiger partial charge >= 0.3 is 7.60 Å². The highest BCUT2D eigenvalue weighted by Gasteiger charge is 2.56. The Bertz CT molecular complexity index is 2160. The van der Waals surface area contributed by atoms with E-state index in [-0.39, 0.29) is 61.5 Å². The molecule has 2 amide bonds. The van der Waals surface area contributed by atoms with Crippen molar-refractivity contribution < 1.29 is 54.6 Å². The molecule has 1 saturated carbocycles. The molecule has 1 heterocycles. The SMILES string of the molecule is CCOP(=O)(CN(CCCOc1cc2c(Oc3ccc(NC(=O)C4(C(=O)Nc5ccc(F)cc5)CC4)cc3F)ccnc2cc1OC)S(=O)(=O)CC)OCC. The molecular formula is C37H43F2N4O10PS. The molecule has 1 aliphatic carbocycles. The van der Waals surface area contributed by atoms with E-state index >= 15 is 4.39 Å². The molecule has 1 aliphatic rings. The first-order valence-corrected chi connectivity index (χ1v) is 20.9. The van der Waals surface area contributed by atoms with Crippen LogP contribution < -0.4 is 24.8 Å². The van der Waals surface area contributed by atoms with Crippen molar-refractivity contribution in [2.24, 2.45) is 5.41 Å². The van der Waals surface area contributed by atoms with Crippen LogP contribution in [0.3, 0.4) is 0 Å². The van der Waals surface area contributed by atoms with Gasteiger partial charge < -0.3 is 33.9 Å². The van der Waals surface area contributed by atoms with Gasteiger partial charge in [0.15, 0.2) is 23.1 Å². The fourth-order valence-electron chi connectivity index (χ4n) is 5.60. The second kappa shape index (κ2) is 17.9. The van der Waals surface area contributed by atoms with Gasteiger partial charge in [0.2, 0.25) is 21.8 Å². The minimum Gasteiger partial charge on any atom is -0.493 e. The van der Waals surface area contributed by atoms with Crippen molar-refractivity contribution >= 4 is 51.7 Å². The van der Waals surface area contributed by atoms with E-state index in [1.54, 1.807) is 26.0 Å². The molecule has 14 nitrogen and oxygen atoms in total. The fourth-order valence-corrected chi connectivity index (χ4v) is 9.05. The molecule has 296 valence electrons. The maximum absolute atomic E-state index is 15.4. The third-order valence-electron chi connectivity index (χ3n) is 8.67. The zero-order valence-corrected chi connectivity index (χ0v) is 32.5. The molecule has 0 radical (unpaired) electrons. The lowest BCUT2D eigenvalue weighted by molar-refractivity contribution is -0.131. The van der Waals surface area contributed by atoms with Crippen LogP contribution in [0.5, 0.6) is 23.0 Å². The first-order chi connectivity index (χ1) is 26.3. The molecule has 5 rings (SSSR count). The van der Waals surface area contributed by atoms with Gasteiger partial charge in [0.05, 0.1) is 38.2 Å². The third-order valence-corrected chi connectivity index (χ3v) is 12.7. The van der Waals surface area contributed by atoms with E-state index in [0.717, 1.165) is 10.4 Å². The number of hydrogen-bond acceptors (Lipinski definition) is 11. The van der Waals surface area contributed by atoms with Gasteiger partial charge in [-0.15, -0.1) is 0 Å². The number of fused-ring (bicyclic) bond motifs is 1. The Balaban J connectivity index is 1.26. The lowest BCUT2D eigenvalue weighted by atomic mass is 10.0. The standard InChI is InChI=1S/C37H43F2N4O10PS/c1-5-51-54(46,52-6-2)24-43(55(47,48)7-3)19-8-20-50-34-22-28-30(23-33(34)49-4)40-18-15-31(28)53-32-14-13-27(21-29(32)39)42-36(45)37(16-17-37)35(44)41-26-11-9-25(38)10-12-26/h9-15,18,21-23H,5-8,16-17,19-20,24H2,1-4H3,(H,41,44)(H,42,45). The van der Waals surface area contributed by atoms with Crippen molar-refractivity contribution in [2.45, 2.75) is 40.0 Å².